The van der Waals surface area contributed by atoms with Gasteiger partial charge in [-0.15, -0.1) is 6.58 Å². The van der Waals surface area contributed by atoms with Crippen LogP contribution in [0.5, 0.6) is 0 Å². The summed E-state index contributed by atoms with van der Waals surface area (Å²) in [4.78, 5) is 0. The molecule has 0 aromatic heterocycles. The van der Waals surface area contributed by atoms with Gasteiger partial charge in [0.2, 0.25) is 0 Å². The van der Waals surface area contributed by atoms with Crippen LogP contribution in [0.3, 0.4) is 0 Å². The molecule has 0 saturated carbocycles. The van der Waals surface area contributed by atoms with Gasteiger partial charge in [-0.3, -0.25) is 0 Å². The van der Waals surface area contributed by atoms with E-state index in [1.54, 1.807) is 6.08 Å². The van der Waals surface area contributed by atoms with E-state index < -0.39 is 12.2 Å². The predicted molar refractivity (Wildman–Crippen MR) is 72.1 cm³/mol. The van der Waals surface area contributed by atoms with Gasteiger partial charge in [0.05, 0.1) is 25.4 Å². The molecule has 0 unspecified atom stereocenters. The molecule has 0 aliphatic heterocycles. The van der Waals surface area contributed by atoms with Crippen molar-refractivity contribution >= 4 is 0 Å². The normalized spacial score (nSPS) is 15.9. The summed E-state index contributed by atoms with van der Waals surface area (Å²) in [5, 5.41) is 19.6. The van der Waals surface area contributed by atoms with Crippen molar-refractivity contribution < 1.29 is 14.9 Å². The standard InChI is InChI=1S/C15H22O3/c1-3-7-14(16)12(2)15(17)11-18-10-13-8-5-4-6-9-13/h3-6,8-9,12,14-17H,1,7,10-11H2,2H3/t12-,14+,15+/m0/s1. The number of aliphatic hydroxyl groups excluding tert-OH is 2. The highest BCUT2D eigenvalue weighted by molar-refractivity contribution is 5.13. The highest BCUT2D eigenvalue weighted by atomic mass is 16.5. The predicted octanol–water partition coefficient (Wildman–Crippen LogP) is 2.14. The van der Waals surface area contributed by atoms with E-state index in [0.29, 0.717) is 13.0 Å². The Bertz CT molecular complexity index is 337. The minimum atomic E-state index is -0.663. The molecule has 3 nitrogen and oxygen atoms in total. The number of rotatable bonds is 8. The van der Waals surface area contributed by atoms with Crippen molar-refractivity contribution in [3.8, 4) is 0 Å². The molecular formula is C15H22O3. The van der Waals surface area contributed by atoms with Crippen LogP contribution in [0.15, 0.2) is 43.0 Å². The van der Waals surface area contributed by atoms with Crippen LogP contribution in [0.4, 0.5) is 0 Å². The van der Waals surface area contributed by atoms with Gasteiger partial charge < -0.3 is 14.9 Å². The minimum Gasteiger partial charge on any atom is -0.392 e. The molecule has 0 spiro atoms. The van der Waals surface area contributed by atoms with E-state index in [9.17, 15) is 10.2 Å². The number of ether oxygens (including phenoxy) is 1. The molecule has 100 valence electrons. The highest BCUT2D eigenvalue weighted by Gasteiger charge is 2.21. The third-order valence-electron chi connectivity index (χ3n) is 3.02. The van der Waals surface area contributed by atoms with Gasteiger partial charge >= 0.3 is 0 Å². The van der Waals surface area contributed by atoms with E-state index >= 15 is 0 Å². The van der Waals surface area contributed by atoms with Crippen LogP contribution >= 0.6 is 0 Å². The number of hydrogen-bond donors (Lipinski definition) is 2. The lowest BCUT2D eigenvalue weighted by molar-refractivity contribution is -0.0344. The fourth-order valence-electron chi connectivity index (χ4n) is 1.67. The zero-order chi connectivity index (χ0) is 13.4. The Hall–Kier alpha value is -1.16. The average molecular weight is 250 g/mol. The molecule has 18 heavy (non-hydrogen) atoms. The molecule has 0 aliphatic carbocycles. The van der Waals surface area contributed by atoms with Gasteiger partial charge in [-0.2, -0.15) is 0 Å². The fourth-order valence-corrected chi connectivity index (χ4v) is 1.67. The monoisotopic (exact) mass is 250 g/mol. The molecule has 1 rings (SSSR count). The zero-order valence-electron chi connectivity index (χ0n) is 10.8. The lowest BCUT2D eigenvalue weighted by Gasteiger charge is -2.23. The lowest BCUT2D eigenvalue weighted by Crippen LogP contribution is -2.32. The quantitative estimate of drug-likeness (QED) is 0.695. The lowest BCUT2D eigenvalue weighted by atomic mass is 9.96. The summed E-state index contributed by atoms with van der Waals surface area (Å²) in [6, 6.07) is 9.80. The highest BCUT2D eigenvalue weighted by Crippen LogP contribution is 2.13. The summed E-state index contributed by atoms with van der Waals surface area (Å²) in [7, 11) is 0. The maximum atomic E-state index is 9.87. The first-order valence-electron chi connectivity index (χ1n) is 6.23. The van der Waals surface area contributed by atoms with Crippen molar-refractivity contribution in [3.63, 3.8) is 0 Å². The van der Waals surface area contributed by atoms with Crippen LogP contribution in [0.2, 0.25) is 0 Å². The van der Waals surface area contributed by atoms with Crippen LogP contribution in [0.1, 0.15) is 18.9 Å². The van der Waals surface area contributed by atoms with Gasteiger partial charge in [-0.05, 0) is 12.0 Å². The molecule has 1 aromatic rings. The van der Waals surface area contributed by atoms with Crippen LogP contribution in [-0.2, 0) is 11.3 Å². The second kappa shape index (κ2) is 8.03. The molecule has 3 atom stereocenters. The Morgan fingerprint density at radius 2 is 1.89 bits per heavy atom. The van der Waals surface area contributed by atoms with Crippen molar-refractivity contribution in [1.82, 2.24) is 0 Å². The van der Waals surface area contributed by atoms with Gasteiger partial charge in [-0.25, -0.2) is 0 Å². The van der Waals surface area contributed by atoms with Crippen LogP contribution in [0, 0.1) is 5.92 Å². The molecule has 3 heteroatoms. The van der Waals surface area contributed by atoms with Gasteiger partial charge in [0, 0.05) is 5.92 Å². The third kappa shape index (κ3) is 5.00. The third-order valence-corrected chi connectivity index (χ3v) is 3.02. The van der Waals surface area contributed by atoms with E-state index in [2.05, 4.69) is 6.58 Å². The van der Waals surface area contributed by atoms with E-state index in [4.69, 9.17) is 4.74 Å². The fraction of sp³-hybridized carbons (Fsp3) is 0.467. The van der Waals surface area contributed by atoms with Crippen molar-refractivity contribution in [2.45, 2.75) is 32.2 Å². The van der Waals surface area contributed by atoms with Crippen molar-refractivity contribution in [3.05, 3.63) is 48.6 Å². The zero-order valence-corrected chi connectivity index (χ0v) is 10.8. The van der Waals surface area contributed by atoms with Gasteiger partial charge in [-0.1, -0.05) is 43.3 Å². The molecule has 0 radical (unpaired) electrons. The molecule has 0 fully saturated rings. The van der Waals surface area contributed by atoms with Crippen molar-refractivity contribution in [2.75, 3.05) is 6.61 Å². The summed E-state index contributed by atoms with van der Waals surface area (Å²) >= 11 is 0. The largest absolute Gasteiger partial charge is 0.392 e. The van der Waals surface area contributed by atoms with Crippen LogP contribution in [0.25, 0.3) is 0 Å². The van der Waals surface area contributed by atoms with E-state index in [1.165, 1.54) is 0 Å². The van der Waals surface area contributed by atoms with Crippen molar-refractivity contribution in [1.29, 1.82) is 0 Å². The number of benzene rings is 1. The maximum absolute atomic E-state index is 9.87. The summed E-state index contributed by atoms with van der Waals surface area (Å²) in [6.45, 7) is 6.08. The molecule has 0 heterocycles. The second-order valence-corrected chi connectivity index (χ2v) is 4.52. The number of hydrogen-bond acceptors (Lipinski definition) is 3. The summed E-state index contributed by atoms with van der Waals surface area (Å²) in [6.07, 6.45) is 0.900. The first-order valence-corrected chi connectivity index (χ1v) is 6.23. The molecule has 0 aliphatic rings. The first kappa shape index (κ1) is 14.9. The summed E-state index contributed by atoms with van der Waals surface area (Å²) < 4.78 is 5.44. The Morgan fingerprint density at radius 1 is 1.22 bits per heavy atom. The van der Waals surface area contributed by atoms with Crippen molar-refractivity contribution in [2.24, 2.45) is 5.92 Å². The van der Waals surface area contributed by atoms with Crippen LogP contribution < -0.4 is 0 Å². The molecule has 1 aromatic carbocycles. The van der Waals surface area contributed by atoms with Crippen LogP contribution in [-0.4, -0.2) is 29.0 Å². The molecule has 0 saturated heterocycles. The summed E-state index contributed by atoms with van der Waals surface area (Å²) in [5.41, 5.74) is 1.07. The average Bonchev–Trinajstić information content (AvgIpc) is 2.39. The molecule has 2 N–H and O–H groups in total. The Labute approximate surface area is 109 Å². The molecule has 0 bridgehead atoms. The topological polar surface area (TPSA) is 49.7 Å². The van der Waals surface area contributed by atoms with E-state index in [0.717, 1.165) is 5.56 Å². The van der Waals surface area contributed by atoms with Gasteiger partial charge in [0.1, 0.15) is 0 Å². The van der Waals surface area contributed by atoms with E-state index in [1.807, 2.05) is 37.3 Å². The Kier molecular flexibility index (Phi) is 6.65. The smallest absolute Gasteiger partial charge is 0.0824 e. The molecular weight excluding hydrogens is 228 g/mol. The first-order chi connectivity index (χ1) is 8.65. The Balaban J connectivity index is 2.28. The molecule has 0 amide bonds. The maximum Gasteiger partial charge on any atom is 0.0824 e. The summed E-state index contributed by atoms with van der Waals surface area (Å²) in [5.74, 6) is -0.223. The Morgan fingerprint density at radius 3 is 2.50 bits per heavy atom. The van der Waals surface area contributed by atoms with E-state index in [-0.39, 0.29) is 12.5 Å². The number of aliphatic hydroxyl groups is 2. The van der Waals surface area contributed by atoms with Gasteiger partial charge in [0.25, 0.3) is 0 Å². The van der Waals surface area contributed by atoms with Gasteiger partial charge in [0.15, 0.2) is 0 Å². The SMILES string of the molecule is C=CC[C@@H](O)[C@H](C)[C@H](O)COCc1ccccc1. The minimum absolute atomic E-state index is 0.223. The second-order valence-electron chi connectivity index (χ2n) is 4.52.